The van der Waals surface area contributed by atoms with Crippen molar-refractivity contribution in [3.8, 4) is 12.1 Å². The molecule has 2 heterocycles. The highest BCUT2D eigenvalue weighted by Gasteiger charge is 2.63. The molecular formula is C23H19N3O2. The summed E-state index contributed by atoms with van der Waals surface area (Å²) < 4.78 is 5.13. The number of hydrogen-bond donors (Lipinski definition) is 0. The second kappa shape index (κ2) is 6.55. The Morgan fingerprint density at radius 3 is 2.43 bits per heavy atom. The number of carbonyl (C=O) groups is 1. The van der Waals surface area contributed by atoms with Crippen LogP contribution in [0.25, 0.3) is 6.08 Å². The average molecular weight is 369 g/mol. The number of methoxy groups -OCH3 is 1. The van der Waals surface area contributed by atoms with E-state index in [1.54, 1.807) is 0 Å². The van der Waals surface area contributed by atoms with Crippen molar-refractivity contribution in [3.05, 3.63) is 71.3 Å². The lowest BCUT2D eigenvalue weighted by Gasteiger charge is -2.34. The van der Waals surface area contributed by atoms with Crippen LogP contribution in [-0.4, -0.2) is 25.2 Å². The van der Waals surface area contributed by atoms with Gasteiger partial charge < -0.3 is 9.64 Å². The molecule has 0 N–H and O–H groups in total. The second-order valence-corrected chi connectivity index (χ2v) is 7.22. The predicted octanol–water partition coefficient (Wildman–Crippen LogP) is 3.57. The Balaban J connectivity index is 2.00. The largest absolute Gasteiger partial charge is 0.467 e. The summed E-state index contributed by atoms with van der Waals surface area (Å²) in [6.45, 7) is 1.97. The van der Waals surface area contributed by atoms with Gasteiger partial charge >= 0.3 is 5.97 Å². The van der Waals surface area contributed by atoms with Crippen LogP contribution in [0.4, 0.5) is 5.69 Å². The van der Waals surface area contributed by atoms with Crippen LogP contribution in [0.2, 0.25) is 0 Å². The van der Waals surface area contributed by atoms with Gasteiger partial charge in [-0.25, -0.2) is 4.79 Å². The molecule has 1 saturated heterocycles. The van der Waals surface area contributed by atoms with E-state index in [4.69, 9.17) is 4.74 Å². The van der Waals surface area contributed by atoms with Gasteiger partial charge in [0.25, 0.3) is 0 Å². The number of benzene rings is 2. The lowest BCUT2D eigenvalue weighted by Crippen LogP contribution is -2.44. The molecule has 5 nitrogen and oxygen atoms in total. The van der Waals surface area contributed by atoms with E-state index >= 15 is 0 Å². The van der Waals surface area contributed by atoms with Crippen molar-refractivity contribution in [2.24, 2.45) is 5.41 Å². The molecule has 2 aliphatic heterocycles. The van der Waals surface area contributed by atoms with E-state index in [0.29, 0.717) is 0 Å². The Bertz CT molecular complexity index is 1030. The molecular weight excluding hydrogens is 350 g/mol. The van der Waals surface area contributed by atoms with Gasteiger partial charge in [-0.1, -0.05) is 60.2 Å². The molecule has 0 aliphatic carbocycles. The fourth-order valence-electron chi connectivity index (χ4n) is 4.47. The van der Waals surface area contributed by atoms with Crippen molar-refractivity contribution in [1.82, 2.24) is 0 Å². The lowest BCUT2D eigenvalue weighted by molar-refractivity contribution is -0.142. The Hall–Kier alpha value is -3.57. The van der Waals surface area contributed by atoms with Crippen molar-refractivity contribution < 1.29 is 9.53 Å². The maximum atomic E-state index is 12.9. The number of para-hydroxylation sites is 1. The third-order valence-electron chi connectivity index (χ3n) is 5.79. The third kappa shape index (κ3) is 2.33. The molecule has 28 heavy (non-hydrogen) atoms. The average Bonchev–Trinajstić information content (AvgIpc) is 3.04. The number of ether oxygens (including phenoxy) is 1. The quantitative estimate of drug-likeness (QED) is 0.757. The van der Waals surface area contributed by atoms with E-state index in [1.807, 2.05) is 72.5 Å². The van der Waals surface area contributed by atoms with Crippen LogP contribution in [0.5, 0.6) is 0 Å². The minimum absolute atomic E-state index is 0.451. The topological polar surface area (TPSA) is 77.1 Å². The number of carbonyl (C=O) groups excluding carboxylic acids is 1. The van der Waals surface area contributed by atoms with Gasteiger partial charge in [0.2, 0.25) is 0 Å². The van der Waals surface area contributed by atoms with Crippen LogP contribution in [0, 0.1) is 35.0 Å². The number of nitrogens with zero attached hydrogens (tertiary/aromatic N) is 3. The zero-order chi connectivity index (χ0) is 19.9. The molecule has 2 aromatic carbocycles. The van der Waals surface area contributed by atoms with Gasteiger partial charge in [0.15, 0.2) is 5.41 Å². The normalized spacial score (nSPS) is 23.9. The molecule has 4 rings (SSSR count). The number of esters is 1. The molecule has 3 atom stereocenters. The van der Waals surface area contributed by atoms with Crippen molar-refractivity contribution >= 4 is 17.7 Å². The van der Waals surface area contributed by atoms with Gasteiger partial charge in [0, 0.05) is 11.6 Å². The number of anilines is 1. The zero-order valence-electron chi connectivity index (χ0n) is 15.7. The summed E-state index contributed by atoms with van der Waals surface area (Å²) in [6, 6.07) is 18.6. The minimum Gasteiger partial charge on any atom is -0.467 e. The fourth-order valence-corrected chi connectivity index (χ4v) is 4.47. The van der Waals surface area contributed by atoms with Crippen molar-refractivity contribution in [1.29, 1.82) is 10.5 Å². The molecule has 0 spiro atoms. The summed E-state index contributed by atoms with van der Waals surface area (Å²) >= 11 is 0. The van der Waals surface area contributed by atoms with Crippen molar-refractivity contribution in [2.45, 2.75) is 24.9 Å². The molecule has 2 aliphatic rings. The molecule has 3 unspecified atom stereocenters. The van der Waals surface area contributed by atoms with Gasteiger partial charge in [0.1, 0.15) is 6.04 Å². The highest BCUT2D eigenvalue weighted by molar-refractivity contribution is 5.88. The summed E-state index contributed by atoms with van der Waals surface area (Å²) in [6.07, 6.45) is 3.78. The summed E-state index contributed by atoms with van der Waals surface area (Å²) in [4.78, 5) is 14.8. The minimum atomic E-state index is -1.42. The molecule has 0 radical (unpaired) electrons. The molecule has 1 fully saturated rings. The van der Waals surface area contributed by atoms with Crippen molar-refractivity contribution in [3.63, 3.8) is 0 Å². The monoisotopic (exact) mass is 369 g/mol. The second-order valence-electron chi connectivity index (χ2n) is 7.22. The third-order valence-corrected chi connectivity index (χ3v) is 5.79. The first-order valence-corrected chi connectivity index (χ1v) is 9.10. The van der Waals surface area contributed by atoms with E-state index in [1.165, 1.54) is 7.11 Å². The highest BCUT2D eigenvalue weighted by Crippen LogP contribution is 2.55. The summed E-state index contributed by atoms with van der Waals surface area (Å²) in [5, 5.41) is 20.4. The standard InChI is InChI=1S/C23H19N3O2/c1-15-7-9-17(10-8-15)20-21(22(27)28-2)26-18-6-4-3-5-16(18)11-12-19(26)23(20,13-24)14-25/h3-12,19-21H,1-2H3. The SMILES string of the molecule is COC(=O)C1C(c2ccc(C)cc2)C(C#N)(C#N)C2C=Cc3ccccc3N12. The number of nitriles is 2. The lowest BCUT2D eigenvalue weighted by atomic mass is 9.70. The van der Waals surface area contributed by atoms with Gasteiger partial charge in [-0.15, -0.1) is 0 Å². The van der Waals surface area contributed by atoms with E-state index in [0.717, 1.165) is 22.4 Å². The number of rotatable bonds is 2. The first kappa shape index (κ1) is 17.8. The summed E-state index contributed by atoms with van der Waals surface area (Å²) in [7, 11) is 1.34. The molecule has 0 saturated carbocycles. The highest BCUT2D eigenvalue weighted by atomic mass is 16.5. The molecule has 138 valence electrons. The number of aryl methyl sites for hydroxylation is 1. The zero-order valence-corrected chi connectivity index (χ0v) is 15.7. The predicted molar refractivity (Wildman–Crippen MR) is 105 cm³/mol. The van der Waals surface area contributed by atoms with E-state index in [2.05, 4.69) is 12.1 Å². The van der Waals surface area contributed by atoms with Gasteiger partial charge in [-0.05, 0) is 24.1 Å². The summed E-state index contributed by atoms with van der Waals surface area (Å²) in [5.41, 5.74) is 2.21. The molecule has 0 bridgehead atoms. The molecule has 0 aromatic heterocycles. The molecule has 0 amide bonds. The van der Waals surface area contributed by atoms with E-state index in [9.17, 15) is 15.3 Å². The Labute approximate surface area is 164 Å². The number of fused-ring (bicyclic) bond motifs is 3. The smallest absolute Gasteiger partial charge is 0.329 e. The first-order chi connectivity index (χ1) is 13.6. The van der Waals surface area contributed by atoms with Crippen LogP contribution >= 0.6 is 0 Å². The molecule has 5 heteroatoms. The van der Waals surface area contributed by atoms with Crippen LogP contribution in [0.15, 0.2) is 54.6 Å². The Kier molecular flexibility index (Phi) is 4.17. The van der Waals surface area contributed by atoms with Crippen LogP contribution in [-0.2, 0) is 9.53 Å². The maximum Gasteiger partial charge on any atom is 0.329 e. The maximum absolute atomic E-state index is 12.9. The summed E-state index contributed by atoms with van der Waals surface area (Å²) in [5.74, 6) is -1.09. The Morgan fingerprint density at radius 2 is 1.79 bits per heavy atom. The van der Waals surface area contributed by atoms with Crippen LogP contribution < -0.4 is 4.90 Å². The van der Waals surface area contributed by atoms with E-state index in [-0.39, 0.29) is 0 Å². The first-order valence-electron chi connectivity index (χ1n) is 9.10. The van der Waals surface area contributed by atoms with Gasteiger partial charge in [-0.3, -0.25) is 0 Å². The van der Waals surface area contributed by atoms with E-state index < -0.39 is 29.4 Å². The fraction of sp³-hybridized carbons (Fsp3) is 0.261. The van der Waals surface area contributed by atoms with Gasteiger partial charge in [-0.2, -0.15) is 10.5 Å². The number of hydrogen-bond acceptors (Lipinski definition) is 5. The van der Waals surface area contributed by atoms with Crippen LogP contribution in [0.3, 0.4) is 0 Å². The van der Waals surface area contributed by atoms with Crippen LogP contribution in [0.1, 0.15) is 22.6 Å². The van der Waals surface area contributed by atoms with Gasteiger partial charge in [0.05, 0.1) is 25.3 Å². The molecule has 2 aromatic rings. The Morgan fingerprint density at radius 1 is 1.11 bits per heavy atom. The van der Waals surface area contributed by atoms with Crippen molar-refractivity contribution in [2.75, 3.05) is 12.0 Å².